The molecule has 0 bridgehead atoms. The largest absolute Gasteiger partial charge is 0.353 e. The number of anilines is 3. The van der Waals surface area contributed by atoms with E-state index in [-0.39, 0.29) is 5.91 Å². The second-order valence-corrected chi connectivity index (χ2v) is 12.3. The fourth-order valence-corrected chi connectivity index (χ4v) is 5.66. The van der Waals surface area contributed by atoms with Crippen LogP contribution < -0.4 is 14.9 Å². The third kappa shape index (κ3) is 7.14. The van der Waals surface area contributed by atoms with Gasteiger partial charge in [0.05, 0.1) is 23.5 Å². The van der Waals surface area contributed by atoms with E-state index in [9.17, 15) is 13.2 Å². The van der Waals surface area contributed by atoms with Crippen LogP contribution in [0.2, 0.25) is 0 Å². The van der Waals surface area contributed by atoms with Gasteiger partial charge in [0.25, 0.3) is 5.91 Å². The van der Waals surface area contributed by atoms with Crippen LogP contribution in [0, 0.1) is 0 Å². The maximum Gasteiger partial charge on any atom is 0.255 e. The van der Waals surface area contributed by atoms with Crippen molar-refractivity contribution in [2.24, 2.45) is 0 Å². The van der Waals surface area contributed by atoms with Gasteiger partial charge < -0.3 is 10.2 Å². The van der Waals surface area contributed by atoms with E-state index >= 15 is 0 Å². The fraction of sp³-hybridized carbons (Fsp3) is 0.188. The molecule has 11 heteroatoms. The second kappa shape index (κ2) is 12.2. The quantitative estimate of drug-likeness (QED) is 0.267. The molecule has 3 heterocycles. The lowest BCUT2D eigenvalue weighted by Gasteiger charge is -2.35. The Kier molecular flexibility index (Phi) is 7.99. The minimum absolute atomic E-state index is 0.330. The molecule has 1 aliphatic rings. The van der Waals surface area contributed by atoms with Crippen molar-refractivity contribution in [3.8, 4) is 11.1 Å². The van der Waals surface area contributed by atoms with Crippen molar-refractivity contribution >= 4 is 44.2 Å². The number of fused-ring (bicyclic) bond motifs is 1. The van der Waals surface area contributed by atoms with Gasteiger partial charge in [-0.2, -0.15) is 0 Å². The number of piperazine rings is 1. The number of nitrogens with zero attached hydrogens (tertiary/aromatic N) is 5. The summed E-state index contributed by atoms with van der Waals surface area (Å²) in [4.78, 5) is 31.3. The number of aromatic nitrogens is 3. The number of sulfonamides is 1. The molecular weight excluding hydrogens is 562 g/mol. The first-order valence-corrected chi connectivity index (χ1v) is 15.8. The van der Waals surface area contributed by atoms with Crippen molar-refractivity contribution in [1.29, 1.82) is 0 Å². The van der Waals surface area contributed by atoms with Crippen molar-refractivity contribution in [1.82, 2.24) is 19.9 Å². The van der Waals surface area contributed by atoms with E-state index in [4.69, 9.17) is 4.98 Å². The molecule has 2 N–H and O–H groups in total. The molecule has 0 radical (unpaired) electrons. The van der Waals surface area contributed by atoms with E-state index in [1.165, 1.54) is 11.6 Å². The van der Waals surface area contributed by atoms with Gasteiger partial charge in [-0.05, 0) is 65.2 Å². The minimum atomic E-state index is -3.44. The zero-order valence-corrected chi connectivity index (χ0v) is 24.5. The van der Waals surface area contributed by atoms with Gasteiger partial charge in [0.15, 0.2) is 0 Å². The molecule has 5 aromatic rings. The number of carbonyl (C=O) groups excluding carboxylic acids is 1. The highest BCUT2D eigenvalue weighted by molar-refractivity contribution is 7.92. The predicted octanol–water partition coefficient (Wildman–Crippen LogP) is 4.64. The maximum atomic E-state index is 12.8. The van der Waals surface area contributed by atoms with Crippen molar-refractivity contribution in [3.63, 3.8) is 0 Å². The number of nitrogens with one attached hydrogen (secondary N) is 2. The van der Waals surface area contributed by atoms with Crippen molar-refractivity contribution in [2.45, 2.75) is 6.54 Å². The van der Waals surface area contributed by atoms with Crippen LogP contribution in [0.25, 0.3) is 22.2 Å². The molecule has 3 aromatic carbocycles. The van der Waals surface area contributed by atoms with Crippen molar-refractivity contribution in [2.75, 3.05) is 47.4 Å². The van der Waals surface area contributed by atoms with Gasteiger partial charge in [0.1, 0.15) is 5.82 Å². The standard InChI is InChI=1S/C32H31N7O3S/c1-43(41,42)37-28-6-2-5-26(18-28)32(40)35-27-10-7-24(8-11-27)25-9-12-29-30(19-25)36-31(21-34-29)39-16-14-38(15-17-39)22-23-4-3-13-33-20-23/h2-13,18-21,37H,14-17,22H2,1H3,(H,35,40). The van der Waals surface area contributed by atoms with Gasteiger partial charge in [0.2, 0.25) is 10.0 Å². The Morgan fingerprint density at radius 2 is 1.63 bits per heavy atom. The van der Waals surface area contributed by atoms with Gasteiger partial charge >= 0.3 is 0 Å². The van der Waals surface area contributed by atoms with Crippen molar-refractivity contribution < 1.29 is 13.2 Å². The highest BCUT2D eigenvalue weighted by Crippen LogP contribution is 2.26. The van der Waals surface area contributed by atoms with Crippen LogP contribution in [0.15, 0.2) is 97.5 Å². The Balaban J connectivity index is 1.11. The topological polar surface area (TPSA) is 120 Å². The Hall–Kier alpha value is -4.87. The molecule has 1 fully saturated rings. The zero-order chi connectivity index (χ0) is 29.8. The minimum Gasteiger partial charge on any atom is -0.353 e. The number of hydrogen-bond acceptors (Lipinski definition) is 8. The normalized spacial score (nSPS) is 14.0. The monoisotopic (exact) mass is 593 g/mol. The second-order valence-electron chi connectivity index (χ2n) is 10.5. The first kappa shape index (κ1) is 28.3. The van der Waals surface area contributed by atoms with E-state index in [2.05, 4.69) is 35.9 Å². The van der Waals surface area contributed by atoms with Gasteiger partial charge in [0, 0.05) is 62.1 Å². The number of carbonyl (C=O) groups is 1. The number of hydrogen-bond donors (Lipinski definition) is 2. The number of amides is 1. The lowest BCUT2D eigenvalue weighted by Crippen LogP contribution is -2.46. The maximum absolute atomic E-state index is 12.8. The summed E-state index contributed by atoms with van der Waals surface area (Å²) in [5.74, 6) is 0.538. The molecule has 1 saturated heterocycles. The summed E-state index contributed by atoms with van der Waals surface area (Å²) in [7, 11) is -3.44. The number of benzene rings is 3. The van der Waals surface area contributed by atoms with E-state index in [0.717, 1.165) is 67.0 Å². The third-order valence-electron chi connectivity index (χ3n) is 7.26. The molecular formula is C32H31N7O3S. The molecule has 1 amide bonds. The van der Waals surface area contributed by atoms with E-state index < -0.39 is 10.0 Å². The molecule has 43 heavy (non-hydrogen) atoms. The van der Waals surface area contributed by atoms with Gasteiger partial charge in [-0.15, -0.1) is 0 Å². The van der Waals surface area contributed by atoms with Crippen LogP contribution in [-0.4, -0.2) is 66.6 Å². The zero-order valence-electron chi connectivity index (χ0n) is 23.6. The Morgan fingerprint density at radius 1 is 0.837 bits per heavy atom. The van der Waals surface area contributed by atoms with Crippen LogP contribution in [0.3, 0.4) is 0 Å². The van der Waals surface area contributed by atoms with Crippen LogP contribution in [-0.2, 0) is 16.6 Å². The lowest BCUT2D eigenvalue weighted by atomic mass is 10.0. The van der Waals surface area contributed by atoms with Gasteiger partial charge in [-0.25, -0.2) is 13.4 Å². The average Bonchev–Trinajstić information content (AvgIpc) is 3.01. The molecule has 10 nitrogen and oxygen atoms in total. The molecule has 218 valence electrons. The third-order valence-corrected chi connectivity index (χ3v) is 7.87. The lowest BCUT2D eigenvalue weighted by molar-refractivity contribution is 0.102. The first-order valence-electron chi connectivity index (χ1n) is 13.9. The van der Waals surface area contributed by atoms with Crippen LogP contribution >= 0.6 is 0 Å². The Bertz CT molecular complexity index is 1860. The summed E-state index contributed by atoms with van der Waals surface area (Å²) >= 11 is 0. The van der Waals surface area contributed by atoms with E-state index in [0.29, 0.717) is 16.9 Å². The molecule has 0 aliphatic carbocycles. The van der Waals surface area contributed by atoms with Crippen LogP contribution in [0.5, 0.6) is 0 Å². The van der Waals surface area contributed by atoms with Crippen molar-refractivity contribution in [3.05, 3.63) is 109 Å². The molecule has 0 saturated carbocycles. The molecule has 0 unspecified atom stereocenters. The summed E-state index contributed by atoms with van der Waals surface area (Å²) in [6.45, 7) is 4.55. The highest BCUT2D eigenvalue weighted by Gasteiger charge is 2.19. The molecule has 2 aromatic heterocycles. The number of pyridine rings is 1. The van der Waals surface area contributed by atoms with E-state index in [1.54, 1.807) is 24.4 Å². The molecule has 0 atom stereocenters. The summed E-state index contributed by atoms with van der Waals surface area (Å²) in [6.07, 6.45) is 6.64. The predicted molar refractivity (Wildman–Crippen MR) is 170 cm³/mol. The first-order chi connectivity index (χ1) is 20.8. The van der Waals surface area contributed by atoms with Gasteiger partial charge in [-0.1, -0.05) is 30.3 Å². The molecule has 6 rings (SSSR count). The SMILES string of the molecule is CS(=O)(=O)Nc1cccc(C(=O)Nc2ccc(-c3ccc4ncc(N5CCN(Cc6cccnc6)CC5)nc4c3)cc2)c1. The summed E-state index contributed by atoms with van der Waals surface area (Å²) < 4.78 is 25.4. The summed E-state index contributed by atoms with van der Waals surface area (Å²) in [5, 5.41) is 2.87. The average molecular weight is 594 g/mol. The van der Waals surface area contributed by atoms with Gasteiger partial charge in [-0.3, -0.25) is 24.4 Å². The fourth-order valence-electron chi connectivity index (χ4n) is 5.11. The summed E-state index contributed by atoms with van der Waals surface area (Å²) in [5.41, 5.74) is 6.16. The summed E-state index contributed by atoms with van der Waals surface area (Å²) in [6, 6.07) is 24.0. The van der Waals surface area contributed by atoms with Crippen LogP contribution in [0.1, 0.15) is 15.9 Å². The Labute approximate surface area is 250 Å². The molecule has 0 spiro atoms. The molecule has 1 aliphatic heterocycles. The van der Waals surface area contributed by atoms with E-state index in [1.807, 2.05) is 60.9 Å². The smallest absolute Gasteiger partial charge is 0.255 e. The number of rotatable bonds is 8. The highest BCUT2D eigenvalue weighted by atomic mass is 32.2. The van der Waals surface area contributed by atoms with Crippen LogP contribution in [0.4, 0.5) is 17.2 Å². The Morgan fingerprint density at radius 3 is 2.37 bits per heavy atom.